The molecule has 0 saturated heterocycles. The van der Waals surface area contributed by atoms with Crippen LogP contribution in [0.2, 0.25) is 0 Å². The predicted octanol–water partition coefficient (Wildman–Crippen LogP) is 3.65. The van der Waals surface area contributed by atoms with Gasteiger partial charge >= 0.3 is 0 Å². The molecule has 110 valence electrons. The highest BCUT2D eigenvalue weighted by atomic mass is 16.2. The number of benzene rings is 2. The first-order valence-electron chi connectivity index (χ1n) is 7.12. The highest BCUT2D eigenvalue weighted by Gasteiger charge is 2.19. The van der Waals surface area contributed by atoms with Crippen molar-refractivity contribution in [1.82, 2.24) is 9.78 Å². The summed E-state index contributed by atoms with van der Waals surface area (Å²) in [6, 6.07) is 19.4. The Morgan fingerprint density at radius 1 is 1.00 bits per heavy atom. The van der Waals surface area contributed by atoms with Crippen LogP contribution in [-0.2, 0) is 7.05 Å². The fourth-order valence-corrected chi connectivity index (χ4v) is 2.56. The van der Waals surface area contributed by atoms with Gasteiger partial charge in [0, 0.05) is 23.9 Å². The van der Waals surface area contributed by atoms with Crippen molar-refractivity contribution in [2.45, 2.75) is 6.92 Å². The lowest BCUT2D eigenvalue weighted by Crippen LogP contribution is -2.13. The van der Waals surface area contributed by atoms with Gasteiger partial charge in [0.25, 0.3) is 5.91 Å². The molecule has 0 spiro atoms. The molecule has 22 heavy (non-hydrogen) atoms. The summed E-state index contributed by atoms with van der Waals surface area (Å²) >= 11 is 0. The Labute approximate surface area is 129 Å². The van der Waals surface area contributed by atoms with E-state index < -0.39 is 0 Å². The molecule has 0 atom stereocenters. The van der Waals surface area contributed by atoms with E-state index in [9.17, 15) is 4.79 Å². The zero-order valence-corrected chi connectivity index (χ0v) is 12.6. The van der Waals surface area contributed by atoms with Gasteiger partial charge in [-0.25, -0.2) is 0 Å². The molecule has 0 aliphatic carbocycles. The van der Waals surface area contributed by atoms with Crippen LogP contribution in [0.3, 0.4) is 0 Å². The molecule has 1 N–H and O–H groups in total. The average Bonchev–Trinajstić information content (AvgIpc) is 2.84. The van der Waals surface area contributed by atoms with Crippen LogP contribution >= 0.6 is 0 Å². The van der Waals surface area contributed by atoms with Gasteiger partial charge in [0.15, 0.2) is 5.69 Å². The molecule has 3 aromatic rings. The highest BCUT2D eigenvalue weighted by Crippen LogP contribution is 2.25. The largest absolute Gasteiger partial charge is 0.321 e. The molecule has 4 nitrogen and oxygen atoms in total. The molecule has 1 heterocycles. The Balaban J connectivity index is 1.94. The SMILES string of the molecule is Cc1c(C(=O)Nc2ccccc2)nn(C)c1-c1ccccc1. The number of carbonyl (C=O) groups excluding carboxylic acids is 1. The lowest BCUT2D eigenvalue weighted by atomic mass is 10.1. The van der Waals surface area contributed by atoms with Gasteiger partial charge in [0.05, 0.1) is 5.69 Å². The van der Waals surface area contributed by atoms with E-state index in [4.69, 9.17) is 0 Å². The second kappa shape index (κ2) is 5.85. The van der Waals surface area contributed by atoms with Gasteiger partial charge in [-0.15, -0.1) is 0 Å². The van der Waals surface area contributed by atoms with E-state index in [1.807, 2.05) is 74.6 Å². The fourth-order valence-electron chi connectivity index (χ4n) is 2.56. The summed E-state index contributed by atoms with van der Waals surface area (Å²) in [5.74, 6) is -0.193. The maximum Gasteiger partial charge on any atom is 0.276 e. The fraction of sp³-hybridized carbons (Fsp3) is 0.111. The van der Waals surface area contributed by atoms with E-state index in [-0.39, 0.29) is 5.91 Å². The minimum absolute atomic E-state index is 0.193. The van der Waals surface area contributed by atoms with Crippen molar-refractivity contribution in [3.8, 4) is 11.3 Å². The number of aromatic nitrogens is 2. The van der Waals surface area contributed by atoms with Crippen molar-refractivity contribution in [1.29, 1.82) is 0 Å². The molecule has 0 saturated carbocycles. The van der Waals surface area contributed by atoms with Gasteiger partial charge in [-0.05, 0) is 19.1 Å². The lowest BCUT2D eigenvalue weighted by Gasteiger charge is -2.04. The minimum atomic E-state index is -0.193. The van der Waals surface area contributed by atoms with Gasteiger partial charge in [0.2, 0.25) is 0 Å². The Kier molecular flexibility index (Phi) is 3.74. The predicted molar refractivity (Wildman–Crippen MR) is 87.8 cm³/mol. The first-order valence-corrected chi connectivity index (χ1v) is 7.12. The van der Waals surface area contributed by atoms with E-state index >= 15 is 0 Å². The quantitative estimate of drug-likeness (QED) is 0.800. The molecule has 2 aromatic carbocycles. The minimum Gasteiger partial charge on any atom is -0.321 e. The second-order valence-corrected chi connectivity index (χ2v) is 5.13. The van der Waals surface area contributed by atoms with E-state index in [1.54, 1.807) is 4.68 Å². The molecule has 1 amide bonds. The number of hydrogen-bond acceptors (Lipinski definition) is 2. The van der Waals surface area contributed by atoms with Crippen molar-refractivity contribution in [3.05, 3.63) is 71.9 Å². The molecule has 0 aliphatic rings. The van der Waals surface area contributed by atoms with Crippen LogP contribution < -0.4 is 5.32 Å². The molecule has 0 radical (unpaired) electrons. The van der Waals surface area contributed by atoms with Crippen molar-refractivity contribution >= 4 is 11.6 Å². The molecule has 0 unspecified atom stereocenters. The van der Waals surface area contributed by atoms with Crippen LogP contribution in [0.25, 0.3) is 11.3 Å². The standard InChI is InChI=1S/C18H17N3O/c1-13-16(18(22)19-15-11-7-4-8-12-15)20-21(2)17(13)14-9-5-3-6-10-14/h3-12H,1-2H3,(H,19,22). The van der Waals surface area contributed by atoms with Crippen LogP contribution in [0, 0.1) is 6.92 Å². The number of para-hydroxylation sites is 1. The van der Waals surface area contributed by atoms with Gasteiger partial charge in [-0.2, -0.15) is 5.10 Å². The zero-order valence-electron chi connectivity index (χ0n) is 12.6. The molecule has 1 aromatic heterocycles. The summed E-state index contributed by atoms with van der Waals surface area (Å²) in [4.78, 5) is 12.4. The molecule has 3 rings (SSSR count). The normalized spacial score (nSPS) is 10.5. The Morgan fingerprint density at radius 3 is 2.23 bits per heavy atom. The van der Waals surface area contributed by atoms with E-state index in [0.29, 0.717) is 5.69 Å². The molecule has 4 heteroatoms. The molecular formula is C18H17N3O. The number of anilines is 1. The Bertz CT molecular complexity index is 792. The smallest absolute Gasteiger partial charge is 0.276 e. The van der Waals surface area contributed by atoms with Crippen molar-refractivity contribution < 1.29 is 4.79 Å². The van der Waals surface area contributed by atoms with Crippen LogP contribution in [0.15, 0.2) is 60.7 Å². The average molecular weight is 291 g/mol. The number of carbonyl (C=O) groups is 1. The summed E-state index contributed by atoms with van der Waals surface area (Å²) in [6.07, 6.45) is 0. The molecule has 0 aliphatic heterocycles. The van der Waals surface area contributed by atoms with Gasteiger partial charge < -0.3 is 5.32 Å². The number of rotatable bonds is 3. The maximum atomic E-state index is 12.4. The number of hydrogen-bond donors (Lipinski definition) is 1. The Morgan fingerprint density at radius 2 is 1.59 bits per heavy atom. The Hall–Kier alpha value is -2.88. The number of nitrogens with one attached hydrogen (secondary N) is 1. The maximum absolute atomic E-state index is 12.4. The third-order valence-corrected chi connectivity index (χ3v) is 3.58. The summed E-state index contributed by atoms with van der Waals surface area (Å²) in [7, 11) is 1.86. The topological polar surface area (TPSA) is 46.9 Å². The van der Waals surface area contributed by atoms with Crippen LogP contribution in [0.1, 0.15) is 16.1 Å². The molecule has 0 fully saturated rings. The van der Waals surface area contributed by atoms with Crippen LogP contribution in [0.5, 0.6) is 0 Å². The van der Waals surface area contributed by atoms with E-state index in [2.05, 4.69) is 10.4 Å². The molecular weight excluding hydrogens is 274 g/mol. The third-order valence-electron chi connectivity index (χ3n) is 3.58. The van der Waals surface area contributed by atoms with Crippen molar-refractivity contribution in [2.75, 3.05) is 5.32 Å². The highest BCUT2D eigenvalue weighted by molar-refractivity contribution is 6.04. The van der Waals surface area contributed by atoms with Crippen LogP contribution in [-0.4, -0.2) is 15.7 Å². The summed E-state index contributed by atoms with van der Waals surface area (Å²) < 4.78 is 1.75. The summed E-state index contributed by atoms with van der Waals surface area (Å²) in [6.45, 7) is 1.93. The summed E-state index contributed by atoms with van der Waals surface area (Å²) in [5.41, 5.74) is 4.10. The number of nitrogens with zero attached hydrogens (tertiary/aromatic N) is 2. The monoisotopic (exact) mass is 291 g/mol. The van der Waals surface area contributed by atoms with E-state index in [1.165, 1.54) is 0 Å². The van der Waals surface area contributed by atoms with E-state index in [0.717, 1.165) is 22.5 Å². The van der Waals surface area contributed by atoms with Crippen molar-refractivity contribution in [2.24, 2.45) is 7.05 Å². The lowest BCUT2D eigenvalue weighted by molar-refractivity contribution is 0.102. The second-order valence-electron chi connectivity index (χ2n) is 5.13. The van der Waals surface area contributed by atoms with Crippen molar-refractivity contribution in [3.63, 3.8) is 0 Å². The summed E-state index contributed by atoms with van der Waals surface area (Å²) in [5, 5.41) is 7.26. The number of aryl methyl sites for hydroxylation is 1. The zero-order chi connectivity index (χ0) is 15.5. The number of amides is 1. The van der Waals surface area contributed by atoms with Gasteiger partial charge in [-0.1, -0.05) is 48.5 Å². The molecule has 0 bridgehead atoms. The van der Waals surface area contributed by atoms with Crippen LogP contribution in [0.4, 0.5) is 5.69 Å². The first kappa shape index (κ1) is 14.1. The van der Waals surface area contributed by atoms with Gasteiger partial charge in [-0.3, -0.25) is 9.48 Å². The first-order chi connectivity index (χ1) is 10.7. The third kappa shape index (κ3) is 2.63. The van der Waals surface area contributed by atoms with Gasteiger partial charge in [0.1, 0.15) is 0 Å².